The summed E-state index contributed by atoms with van der Waals surface area (Å²) in [7, 11) is 1.64. The molecule has 0 radical (unpaired) electrons. The number of nitrogens with zero attached hydrogens (tertiary/aromatic N) is 2. The van der Waals surface area contributed by atoms with Gasteiger partial charge in [0, 0.05) is 12.1 Å². The number of methoxy groups -OCH3 is 1. The number of carbonyl (C=O) groups is 1. The third-order valence-electron chi connectivity index (χ3n) is 4.39. The highest BCUT2D eigenvalue weighted by molar-refractivity contribution is 5.94. The number of ether oxygens (including phenoxy) is 1. The molecule has 3 rings (SSSR count). The smallest absolute Gasteiger partial charge is 0.270 e. The molecule has 0 bridgehead atoms. The van der Waals surface area contributed by atoms with Crippen LogP contribution in [-0.4, -0.2) is 29.3 Å². The summed E-state index contributed by atoms with van der Waals surface area (Å²) in [6, 6.07) is 17.5. The number of hydrogen-bond acceptors (Lipinski definition) is 3. The molecular formula is C22H25N3O2. The molecule has 0 aliphatic rings. The number of rotatable bonds is 7. The van der Waals surface area contributed by atoms with Gasteiger partial charge in [-0.1, -0.05) is 25.5 Å². The molecule has 5 heteroatoms. The lowest BCUT2D eigenvalue weighted by atomic mass is 10.1. The van der Waals surface area contributed by atoms with Crippen molar-refractivity contribution in [1.29, 1.82) is 0 Å². The first-order valence-electron chi connectivity index (χ1n) is 9.22. The maximum atomic E-state index is 12.8. The predicted molar refractivity (Wildman–Crippen MR) is 108 cm³/mol. The summed E-state index contributed by atoms with van der Waals surface area (Å²) in [4.78, 5) is 12.8. The largest absolute Gasteiger partial charge is 0.497 e. The molecule has 1 heterocycles. The fourth-order valence-corrected chi connectivity index (χ4v) is 2.87. The Kier molecular flexibility index (Phi) is 5.91. The van der Waals surface area contributed by atoms with Crippen LogP contribution in [0.1, 0.15) is 35.8 Å². The number of benzene rings is 2. The molecular weight excluding hydrogens is 338 g/mol. The van der Waals surface area contributed by atoms with E-state index in [1.165, 1.54) is 0 Å². The second kappa shape index (κ2) is 8.54. The summed E-state index contributed by atoms with van der Waals surface area (Å²) in [6.45, 7) is 4.79. The van der Waals surface area contributed by atoms with E-state index in [1.54, 1.807) is 11.8 Å². The van der Waals surface area contributed by atoms with Gasteiger partial charge in [0.25, 0.3) is 5.91 Å². The van der Waals surface area contributed by atoms with Gasteiger partial charge in [-0.3, -0.25) is 4.79 Å². The molecule has 0 unspecified atom stereocenters. The standard InChI is InChI=1S/C22H25N3O2/c1-4-5-13-23-22(26)21-15-20(17-9-11-19(27-3)12-10-17)24-25(21)18-8-6-7-16(2)14-18/h6-12,14-15H,4-5,13H2,1-3H3,(H,23,26). The Balaban J connectivity index is 2.01. The number of aromatic nitrogens is 2. The van der Waals surface area contributed by atoms with Crippen molar-refractivity contribution < 1.29 is 9.53 Å². The van der Waals surface area contributed by atoms with Crippen LogP contribution in [0.25, 0.3) is 16.9 Å². The summed E-state index contributed by atoms with van der Waals surface area (Å²) >= 11 is 0. The fraction of sp³-hybridized carbons (Fsp3) is 0.273. The summed E-state index contributed by atoms with van der Waals surface area (Å²) in [5.41, 5.74) is 4.20. The van der Waals surface area contributed by atoms with Gasteiger partial charge in [-0.25, -0.2) is 4.68 Å². The van der Waals surface area contributed by atoms with Crippen LogP contribution in [0.4, 0.5) is 0 Å². The minimum absolute atomic E-state index is 0.114. The molecule has 0 atom stereocenters. The number of carbonyl (C=O) groups excluding carboxylic acids is 1. The topological polar surface area (TPSA) is 56.1 Å². The predicted octanol–water partition coefficient (Wildman–Crippen LogP) is 4.39. The molecule has 1 N–H and O–H groups in total. The highest BCUT2D eigenvalue weighted by Crippen LogP contribution is 2.24. The molecule has 0 fully saturated rings. The lowest BCUT2D eigenvalue weighted by molar-refractivity contribution is 0.0945. The van der Waals surface area contributed by atoms with Crippen molar-refractivity contribution in [3.05, 3.63) is 65.9 Å². The summed E-state index contributed by atoms with van der Waals surface area (Å²) in [5.74, 6) is 0.673. The Bertz CT molecular complexity index is 914. The van der Waals surface area contributed by atoms with Gasteiger partial charge >= 0.3 is 0 Å². The molecule has 3 aromatic rings. The molecule has 140 valence electrons. The number of nitrogens with one attached hydrogen (secondary N) is 1. The van der Waals surface area contributed by atoms with E-state index >= 15 is 0 Å². The normalized spacial score (nSPS) is 10.6. The van der Waals surface area contributed by atoms with Crippen LogP contribution in [-0.2, 0) is 0 Å². The number of amides is 1. The molecule has 2 aromatic carbocycles. The summed E-state index contributed by atoms with van der Waals surface area (Å²) in [6.07, 6.45) is 1.99. The zero-order chi connectivity index (χ0) is 19.2. The zero-order valence-corrected chi connectivity index (χ0v) is 16.0. The van der Waals surface area contributed by atoms with Gasteiger partial charge in [-0.05, 0) is 61.4 Å². The Morgan fingerprint density at radius 1 is 1.15 bits per heavy atom. The Labute approximate surface area is 160 Å². The van der Waals surface area contributed by atoms with Crippen molar-refractivity contribution >= 4 is 5.91 Å². The van der Waals surface area contributed by atoms with Gasteiger partial charge in [0.2, 0.25) is 0 Å². The van der Waals surface area contributed by atoms with E-state index in [4.69, 9.17) is 9.84 Å². The van der Waals surface area contributed by atoms with Gasteiger partial charge in [-0.15, -0.1) is 0 Å². The maximum absolute atomic E-state index is 12.8. The molecule has 1 aromatic heterocycles. The molecule has 0 aliphatic carbocycles. The van der Waals surface area contributed by atoms with Gasteiger partial charge in [0.05, 0.1) is 18.5 Å². The first-order chi connectivity index (χ1) is 13.1. The first kappa shape index (κ1) is 18.7. The first-order valence-corrected chi connectivity index (χ1v) is 9.22. The van der Waals surface area contributed by atoms with E-state index in [0.717, 1.165) is 41.1 Å². The maximum Gasteiger partial charge on any atom is 0.270 e. The van der Waals surface area contributed by atoms with E-state index in [0.29, 0.717) is 12.2 Å². The zero-order valence-electron chi connectivity index (χ0n) is 16.0. The van der Waals surface area contributed by atoms with Crippen LogP contribution < -0.4 is 10.1 Å². The van der Waals surface area contributed by atoms with Crippen molar-refractivity contribution in [2.45, 2.75) is 26.7 Å². The van der Waals surface area contributed by atoms with Gasteiger partial charge < -0.3 is 10.1 Å². The minimum Gasteiger partial charge on any atom is -0.497 e. The van der Waals surface area contributed by atoms with Crippen LogP contribution in [0.5, 0.6) is 5.75 Å². The Morgan fingerprint density at radius 3 is 2.59 bits per heavy atom. The molecule has 0 aliphatic heterocycles. The van der Waals surface area contributed by atoms with E-state index in [9.17, 15) is 4.79 Å². The van der Waals surface area contributed by atoms with Crippen LogP contribution in [0.2, 0.25) is 0 Å². The summed E-state index contributed by atoms with van der Waals surface area (Å²) in [5, 5.41) is 7.70. The lowest BCUT2D eigenvalue weighted by Crippen LogP contribution is -2.26. The summed E-state index contributed by atoms with van der Waals surface area (Å²) < 4.78 is 6.94. The molecule has 1 amide bonds. The number of hydrogen-bond donors (Lipinski definition) is 1. The van der Waals surface area contributed by atoms with E-state index in [-0.39, 0.29) is 5.91 Å². The van der Waals surface area contributed by atoms with Crippen molar-refractivity contribution in [2.24, 2.45) is 0 Å². The lowest BCUT2D eigenvalue weighted by Gasteiger charge is -2.08. The number of aryl methyl sites for hydroxylation is 1. The second-order valence-electron chi connectivity index (χ2n) is 6.50. The fourth-order valence-electron chi connectivity index (χ4n) is 2.87. The average molecular weight is 363 g/mol. The highest BCUT2D eigenvalue weighted by Gasteiger charge is 2.17. The second-order valence-corrected chi connectivity index (χ2v) is 6.50. The molecule has 0 spiro atoms. The molecule has 5 nitrogen and oxygen atoms in total. The average Bonchev–Trinajstić information content (AvgIpc) is 3.14. The third kappa shape index (κ3) is 4.37. The monoisotopic (exact) mass is 363 g/mol. The van der Waals surface area contributed by atoms with Crippen LogP contribution in [0.15, 0.2) is 54.6 Å². The van der Waals surface area contributed by atoms with Crippen molar-refractivity contribution in [1.82, 2.24) is 15.1 Å². The Morgan fingerprint density at radius 2 is 1.93 bits per heavy atom. The van der Waals surface area contributed by atoms with Crippen LogP contribution >= 0.6 is 0 Å². The van der Waals surface area contributed by atoms with E-state index in [1.807, 2.05) is 61.5 Å². The SMILES string of the molecule is CCCCNC(=O)c1cc(-c2ccc(OC)cc2)nn1-c1cccc(C)c1. The van der Waals surface area contributed by atoms with Gasteiger partial charge in [0.1, 0.15) is 11.4 Å². The molecule has 0 saturated carbocycles. The third-order valence-corrected chi connectivity index (χ3v) is 4.39. The van der Waals surface area contributed by atoms with Crippen molar-refractivity contribution in [3.63, 3.8) is 0 Å². The highest BCUT2D eigenvalue weighted by atomic mass is 16.5. The quantitative estimate of drug-likeness (QED) is 0.634. The van der Waals surface area contributed by atoms with E-state index in [2.05, 4.69) is 12.2 Å². The van der Waals surface area contributed by atoms with Gasteiger partial charge in [-0.2, -0.15) is 5.10 Å². The molecule has 0 saturated heterocycles. The molecule has 27 heavy (non-hydrogen) atoms. The van der Waals surface area contributed by atoms with Crippen molar-refractivity contribution in [2.75, 3.05) is 13.7 Å². The van der Waals surface area contributed by atoms with E-state index < -0.39 is 0 Å². The number of unbranched alkanes of at least 4 members (excludes halogenated alkanes) is 1. The van der Waals surface area contributed by atoms with Gasteiger partial charge in [0.15, 0.2) is 0 Å². The van der Waals surface area contributed by atoms with Crippen LogP contribution in [0.3, 0.4) is 0 Å². The minimum atomic E-state index is -0.114. The van der Waals surface area contributed by atoms with Crippen LogP contribution in [0, 0.1) is 6.92 Å². The van der Waals surface area contributed by atoms with Crippen molar-refractivity contribution in [3.8, 4) is 22.7 Å². The Hall–Kier alpha value is -3.08.